The zero-order valence-corrected chi connectivity index (χ0v) is 18.5. The molecule has 0 saturated heterocycles. The molecule has 0 atom stereocenters. The molecule has 24 heavy (non-hydrogen) atoms. The molecule has 5 nitrogen and oxygen atoms in total. The van der Waals surface area contributed by atoms with Crippen LogP contribution in [0.4, 0.5) is 0 Å². The number of nitrogens with one attached hydrogen (secondary N) is 2. The van der Waals surface area contributed by atoms with Gasteiger partial charge in [-0.25, -0.2) is 4.98 Å². The van der Waals surface area contributed by atoms with Crippen molar-refractivity contribution < 1.29 is 5.11 Å². The maximum Gasteiger partial charge on any atom is 0.191 e. The second kappa shape index (κ2) is 12.9. The van der Waals surface area contributed by atoms with Gasteiger partial charge in [0, 0.05) is 38.0 Å². The van der Waals surface area contributed by atoms with Crippen LogP contribution in [0.2, 0.25) is 0 Å². The first-order valence-electron chi connectivity index (χ1n) is 8.63. The Morgan fingerprint density at radius 3 is 2.50 bits per heavy atom. The quantitative estimate of drug-likeness (QED) is 0.280. The first-order chi connectivity index (χ1) is 11.1. The van der Waals surface area contributed by atoms with E-state index in [1.165, 1.54) is 0 Å². The molecule has 0 bridgehead atoms. The lowest BCUT2D eigenvalue weighted by Crippen LogP contribution is -2.39. The highest BCUT2D eigenvalue weighted by Gasteiger charge is 2.25. The van der Waals surface area contributed by atoms with Crippen molar-refractivity contribution in [2.24, 2.45) is 10.4 Å². The number of aryl methyl sites for hydroxylation is 1. The largest absolute Gasteiger partial charge is 0.396 e. The average Bonchev–Trinajstić information content (AvgIpc) is 2.96. The molecule has 0 aliphatic heterocycles. The number of aliphatic hydroxyl groups is 1. The van der Waals surface area contributed by atoms with Crippen LogP contribution >= 0.6 is 35.3 Å². The molecule has 0 aliphatic rings. The van der Waals surface area contributed by atoms with Crippen molar-refractivity contribution in [2.45, 2.75) is 53.4 Å². The number of rotatable bonds is 10. The molecule has 3 N–H and O–H groups in total. The number of halogens is 1. The van der Waals surface area contributed by atoms with Crippen molar-refractivity contribution in [3.8, 4) is 0 Å². The Balaban J connectivity index is 0.00000529. The minimum absolute atomic E-state index is 0. The summed E-state index contributed by atoms with van der Waals surface area (Å²) in [6.07, 6.45) is 3.77. The third-order valence-electron chi connectivity index (χ3n) is 4.40. The Bertz CT molecular complexity index is 475. The topological polar surface area (TPSA) is 69.5 Å². The number of aromatic nitrogens is 1. The van der Waals surface area contributed by atoms with Gasteiger partial charge < -0.3 is 15.7 Å². The minimum Gasteiger partial charge on any atom is -0.396 e. The molecule has 140 valence electrons. The van der Waals surface area contributed by atoms with Crippen LogP contribution in [0, 0.1) is 12.3 Å². The van der Waals surface area contributed by atoms with Crippen molar-refractivity contribution in [3.05, 3.63) is 16.1 Å². The van der Waals surface area contributed by atoms with Crippen molar-refractivity contribution in [1.82, 2.24) is 15.6 Å². The van der Waals surface area contributed by atoms with E-state index in [1.807, 2.05) is 6.92 Å². The van der Waals surface area contributed by atoms with Gasteiger partial charge in [-0.3, -0.25) is 4.99 Å². The fourth-order valence-corrected chi connectivity index (χ4v) is 3.21. The number of aliphatic hydroxyl groups excluding tert-OH is 1. The highest BCUT2D eigenvalue weighted by Crippen LogP contribution is 2.30. The van der Waals surface area contributed by atoms with Crippen LogP contribution in [0.3, 0.4) is 0 Å². The summed E-state index contributed by atoms with van der Waals surface area (Å²) < 4.78 is 0. The third-order valence-corrected chi connectivity index (χ3v) is 5.22. The maximum atomic E-state index is 9.32. The Kier molecular flexibility index (Phi) is 12.7. The molecular formula is C17H33IN4OS. The average molecular weight is 468 g/mol. The smallest absolute Gasteiger partial charge is 0.191 e. The fourth-order valence-electron chi connectivity index (χ4n) is 2.56. The van der Waals surface area contributed by atoms with Crippen LogP contribution in [0.15, 0.2) is 10.4 Å². The fraction of sp³-hybridized carbons (Fsp3) is 0.765. The van der Waals surface area contributed by atoms with Gasteiger partial charge >= 0.3 is 0 Å². The first-order valence-corrected chi connectivity index (χ1v) is 9.51. The molecule has 0 aliphatic carbocycles. The first kappa shape index (κ1) is 23.6. The van der Waals surface area contributed by atoms with Gasteiger partial charge in [0.05, 0.1) is 10.7 Å². The molecule has 0 amide bonds. The van der Waals surface area contributed by atoms with Crippen LogP contribution in [0.25, 0.3) is 0 Å². The van der Waals surface area contributed by atoms with Gasteiger partial charge in [0.25, 0.3) is 0 Å². The Morgan fingerprint density at radius 1 is 1.29 bits per heavy atom. The van der Waals surface area contributed by atoms with E-state index >= 15 is 0 Å². The molecule has 0 radical (unpaired) electrons. The lowest BCUT2D eigenvalue weighted by molar-refractivity contribution is 0.175. The van der Waals surface area contributed by atoms with E-state index < -0.39 is 0 Å². The van der Waals surface area contributed by atoms with Crippen molar-refractivity contribution in [3.63, 3.8) is 0 Å². The van der Waals surface area contributed by atoms with Crippen LogP contribution in [0.5, 0.6) is 0 Å². The molecule has 1 heterocycles. The SMILES string of the molecule is CCNC(=NCC(CC)(CC)CCO)NCCc1csc(C)n1.I. The summed E-state index contributed by atoms with van der Waals surface area (Å²) in [6.45, 7) is 11.1. The Labute approximate surface area is 167 Å². The lowest BCUT2D eigenvalue weighted by Gasteiger charge is -2.29. The number of thiazole rings is 1. The Hall–Kier alpha value is -0.410. The van der Waals surface area contributed by atoms with E-state index in [1.54, 1.807) is 11.3 Å². The number of hydrogen-bond acceptors (Lipinski definition) is 4. The summed E-state index contributed by atoms with van der Waals surface area (Å²) in [5.41, 5.74) is 1.23. The zero-order valence-electron chi connectivity index (χ0n) is 15.4. The van der Waals surface area contributed by atoms with Gasteiger partial charge in [-0.15, -0.1) is 35.3 Å². The molecule has 7 heteroatoms. The van der Waals surface area contributed by atoms with Gasteiger partial charge in [-0.2, -0.15) is 0 Å². The van der Waals surface area contributed by atoms with E-state index in [-0.39, 0.29) is 36.0 Å². The maximum absolute atomic E-state index is 9.32. The van der Waals surface area contributed by atoms with Gasteiger partial charge in [0.2, 0.25) is 0 Å². The van der Waals surface area contributed by atoms with Crippen LogP contribution in [-0.2, 0) is 6.42 Å². The number of guanidine groups is 1. The molecular weight excluding hydrogens is 435 g/mol. The van der Waals surface area contributed by atoms with Gasteiger partial charge in [0.15, 0.2) is 5.96 Å². The van der Waals surface area contributed by atoms with Crippen molar-refractivity contribution in [1.29, 1.82) is 0 Å². The number of aliphatic imine (C=N–C) groups is 1. The van der Waals surface area contributed by atoms with E-state index in [0.29, 0.717) is 0 Å². The lowest BCUT2D eigenvalue weighted by atomic mass is 9.79. The summed E-state index contributed by atoms with van der Waals surface area (Å²) in [5.74, 6) is 0.851. The molecule has 0 spiro atoms. The predicted octanol–water partition coefficient (Wildman–Crippen LogP) is 3.36. The highest BCUT2D eigenvalue weighted by molar-refractivity contribution is 14.0. The third kappa shape index (κ3) is 8.11. The second-order valence-electron chi connectivity index (χ2n) is 5.91. The highest BCUT2D eigenvalue weighted by atomic mass is 127. The molecule has 0 fully saturated rings. The van der Waals surface area contributed by atoms with Crippen LogP contribution in [-0.4, -0.2) is 42.3 Å². The minimum atomic E-state index is 0. The normalized spacial score (nSPS) is 12.0. The van der Waals surface area contributed by atoms with Crippen LogP contribution in [0.1, 0.15) is 50.7 Å². The standard InChI is InChI=1S/C17H32N4OS.HI/c1-5-17(6-2,9-11-22)13-20-16(18-7-3)19-10-8-15-12-23-14(4)21-15;/h12,22H,5-11,13H2,1-4H3,(H2,18,19,20);1H. The summed E-state index contributed by atoms with van der Waals surface area (Å²) >= 11 is 1.69. The predicted molar refractivity (Wildman–Crippen MR) is 115 cm³/mol. The molecule has 1 aromatic heterocycles. The second-order valence-corrected chi connectivity index (χ2v) is 6.97. The number of hydrogen-bond donors (Lipinski definition) is 3. The zero-order chi connectivity index (χ0) is 17.1. The van der Waals surface area contributed by atoms with Crippen LogP contribution < -0.4 is 10.6 Å². The molecule has 0 saturated carbocycles. The number of nitrogens with zero attached hydrogens (tertiary/aromatic N) is 2. The van der Waals surface area contributed by atoms with E-state index in [9.17, 15) is 5.11 Å². The van der Waals surface area contributed by atoms with E-state index in [2.05, 4.69) is 41.8 Å². The van der Waals surface area contributed by atoms with Gasteiger partial charge in [-0.05, 0) is 38.5 Å². The molecule has 0 unspecified atom stereocenters. The summed E-state index contributed by atoms with van der Waals surface area (Å²) in [5, 5.41) is 19.2. The van der Waals surface area contributed by atoms with Gasteiger partial charge in [0.1, 0.15) is 0 Å². The summed E-state index contributed by atoms with van der Waals surface area (Å²) in [4.78, 5) is 9.23. The van der Waals surface area contributed by atoms with Gasteiger partial charge in [-0.1, -0.05) is 13.8 Å². The molecule has 0 aromatic carbocycles. The van der Waals surface area contributed by atoms with E-state index in [0.717, 1.165) is 62.0 Å². The molecule has 1 aromatic rings. The summed E-state index contributed by atoms with van der Waals surface area (Å²) in [7, 11) is 0. The van der Waals surface area contributed by atoms with Crippen molar-refractivity contribution >= 4 is 41.3 Å². The monoisotopic (exact) mass is 468 g/mol. The van der Waals surface area contributed by atoms with E-state index in [4.69, 9.17) is 4.99 Å². The summed E-state index contributed by atoms with van der Waals surface area (Å²) in [6, 6.07) is 0. The Morgan fingerprint density at radius 2 is 2.00 bits per heavy atom. The molecule has 1 rings (SSSR count). The van der Waals surface area contributed by atoms with Crippen molar-refractivity contribution in [2.75, 3.05) is 26.2 Å².